The van der Waals surface area contributed by atoms with Gasteiger partial charge in [0.2, 0.25) is 0 Å². The molecule has 1 fully saturated rings. The molecule has 1 aliphatic rings. The lowest BCUT2D eigenvalue weighted by Gasteiger charge is -2.35. The maximum atomic E-state index is 5.07. The number of hydrogen-bond acceptors (Lipinski definition) is 3. The Morgan fingerprint density at radius 1 is 0.962 bits per heavy atom. The van der Waals surface area contributed by atoms with Crippen LogP contribution >= 0.6 is 0 Å². The highest BCUT2D eigenvalue weighted by Gasteiger charge is 2.23. The lowest BCUT2D eigenvalue weighted by atomic mass is 9.94. The van der Waals surface area contributed by atoms with Gasteiger partial charge >= 0.3 is 0 Å². The molecule has 26 heavy (non-hydrogen) atoms. The van der Waals surface area contributed by atoms with Gasteiger partial charge in [0.05, 0.1) is 5.52 Å². The van der Waals surface area contributed by atoms with E-state index in [1.165, 1.54) is 37.7 Å². The molecule has 1 aliphatic carbocycles. The van der Waals surface area contributed by atoms with E-state index >= 15 is 0 Å². The summed E-state index contributed by atoms with van der Waals surface area (Å²) in [6.07, 6.45) is 6.56. The van der Waals surface area contributed by atoms with Crippen LogP contribution in [0.3, 0.4) is 0 Å². The van der Waals surface area contributed by atoms with Crippen molar-refractivity contribution in [2.45, 2.75) is 52.0 Å². The summed E-state index contributed by atoms with van der Waals surface area (Å²) >= 11 is 0. The molecule has 134 valence electrons. The van der Waals surface area contributed by atoms with Gasteiger partial charge < -0.3 is 4.90 Å². The molecule has 3 heteroatoms. The van der Waals surface area contributed by atoms with Crippen LogP contribution in [-0.4, -0.2) is 22.6 Å². The third-order valence-corrected chi connectivity index (χ3v) is 5.49. The number of aromatic nitrogens is 2. The van der Waals surface area contributed by atoms with E-state index in [4.69, 9.17) is 9.97 Å². The highest BCUT2D eigenvalue weighted by atomic mass is 15.2. The maximum Gasteiger partial charge on any atom is 0.162 e. The first-order valence-electron chi connectivity index (χ1n) is 9.86. The predicted molar refractivity (Wildman–Crippen MR) is 110 cm³/mol. The first-order valence-corrected chi connectivity index (χ1v) is 9.86. The summed E-state index contributed by atoms with van der Waals surface area (Å²) in [7, 11) is 0. The Balaban J connectivity index is 1.86. The summed E-state index contributed by atoms with van der Waals surface area (Å²) in [4.78, 5) is 12.5. The molecule has 0 atom stereocenters. The quantitative estimate of drug-likeness (QED) is 0.601. The summed E-state index contributed by atoms with van der Waals surface area (Å²) in [5.74, 6) is 1.93. The number of fused-ring (bicyclic) bond motifs is 1. The summed E-state index contributed by atoms with van der Waals surface area (Å²) in [5.41, 5.74) is 3.36. The first kappa shape index (κ1) is 17.0. The van der Waals surface area contributed by atoms with E-state index in [1.807, 2.05) is 0 Å². The summed E-state index contributed by atoms with van der Waals surface area (Å²) < 4.78 is 0. The van der Waals surface area contributed by atoms with Crippen molar-refractivity contribution in [2.75, 3.05) is 11.4 Å². The molecule has 0 spiro atoms. The van der Waals surface area contributed by atoms with Crippen LogP contribution in [0.25, 0.3) is 22.3 Å². The third kappa shape index (κ3) is 3.31. The fourth-order valence-electron chi connectivity index (χ4n) is 4.17. The van der Waals surface area contributed by atoms with Crippen molar-refractivity contribution in [3.05, 3.63) is 54.1 Å². The van der Waals surface area contributed by atoms with Crippen LogP contribution in [-0.2, 0) is 0 Å². The number of hydrogen-bond donors (Lipinski definition) is 0. The lowest BCUT2D eigenvalue weighted by molar-refractivity contribution is 0.417. The molecule has 0 bridgehead atoms. The highest BCUT2D eigenvalue weighted by molar-refractivity contribution is 5.91. The number of benzene rings is 2. The van der Waals surface area contributed by atoms with Gasteiger partial charge in [0, 0.05) is 23.5 Å². The molecular formula is C23H27N3. The third-order valence-electron chi connectivity index (χ3n) is 5.49. The average Bonchev–Trinajstić information content (AvgIpc) is 2.69. The standard InChI is InChI=1S/C23H27N3/c1-3-26(19-12-5-4-6-13-19)23-20-14-7-8-15-21(20)24-22(25-23)18-11-9-10-17(2)16-18/h7-11,14-16,19H,3-6,12-13H2,1-2H3. The van der Waals surface area contributed by atoms with Crippen molar-refractivity contribution < 1.29 is 0 Å². The Hall–Kier alpha value is -2.42. The van der Waals surface area contributed by atoms with Crippen molar-refractivity contribution in [3.63, 3.8) is 0 Å². The molecule has 1 aromatic heterocycles. The van der Waals surface area contributed by atoms with Crippen LogP contribution in [0.15, 0.2) is 48.5 Å². The monoisotopic (exact) mass is 345 g/mol. The Morgan fingerprint density at radius 2 is 1.77 bits per heavy atom. The van der Waals surface area contributed by atoms with Gasteiger partial charge in [-0.2, -0.15) is 0 Å². The summed E-state index contributed by atoms with van der Waals surface area (Å²) in [5, 5.41) is 1.16. The Bertz CT molecular complexity index is 897. The van der Waals surface area contributed by atoms with Crippen LogP contribution in [0.5, 0.6) is 0 Å². The van der Waals surface area contributed by atoms with E-state index in [-0.39, 0.29) is 0 Å². The van der Waals surface area contributed by atoms with Crippen molar-refractivity contribution in [2.24, 2.45) is 0 Å². The van der Waals surface area contributed by atoms with Crippen molar-refractivity contribution in [3.8, 4) is 11.4 Å². The van der Waals surface area contributed by atoms with Crippen LogP contribution < -0.4 is 4.90 Å². The fourth-order valence-corrected chi connectivity index (χ4v) is 4.17. The molecule has 0 aliphatic heterocycles. The number of rotatable bonds is 4. The molecule has 0 unspecified atom stereocenters. The number of para-hydroxylation sites is 1. The fraction of sp³-hybridized carbons (Fsp3) is 0.391. The van der Waals surface area contributed by atoms with E-state index in [2.05, 4.69) is 67.3 Å². The summed E-state index contributed by atoms with van der Waals surface area (Å²) in [6, 6.07) is 17.5. The number of aryl methyl sites for hydroxylation is 1. The molecule has 0 amide bonds. The van der Waals surface area contributed by atoms with E-state index in [9.17, 15) is 0 Å². The minimum atomic E-state index is 0.595. The summed E-state index contributed by atoms with van der Waals surface area (Å²) in [6.45, 7) is 5.35. The minimum absolute atomic E-state index is 0.595. The molecular weight excluding hydrogens is 318 g/mol. The second-order valence-corrected chi connectivity index (χ2v) is 7.34. The molecule has 0 N–H and O–H groups in total. The van der Waals surface area contributed by atoms with E-state index in [1.54, 1.807) is 0 Å². The predicted octanol–water partition coefficient (Wildman–Crippen LogP) is 5.76. The molecule has 1 saturated carbocycles. The van der Waals surface area contributed by atoms with Crippen LogP contribution in [0, 0.1) is 6.92 Å². The molecule has 3 nitrogen and oxygen atoms in total. The van der Waals surface area contributed by atoms with E-state index in [0.717, 1.165) is 34.7 Å². The van der Waals surface area contributed by atoms with E-state index in [0.29, 0.717) is 6.04 Å². The molecule has 4 rings (SSSR count). The second kappa shape index (κ2) is 7.45. The van der Waals surface area contributed by atoms with Gasteiger partial charge in [-0.1, -0.05) is 55.2 Å². The van der Waals surface area contributed by atoms with Gasteiger partial charge in [-0.25, -0.2) is 9.97 Å². The molecule has 0 saturated heterocycles. The second-order valence-electron chi connectivity index (χ2n) is 7.34. The van der Waals surface area contributed by atoms with Gasteiger partial charge in [-0.15, -0.1) is 0 Å². The van der Waals surface area contributed by atoms with Crippen molar-refractivity contribution in [1.29, 1.82) is 0 Å². The van der Waals surface area contributed by atoms with Gasteiger partial charge in [-0.3, -0.25) is 0 Å². The molecule has 0 radical (unpaired) electrons. The molecule has 2 aromatic carbocycles. The zero-order valence-electron chi connectivity index (χ0n) is 15.8. The Morgan fingerprint density at radius 3 is 2.54 bits per heavy atom. The zero-order chi connectivity index (χ0) is 17.9. The van der Waals surface area contributed by atoms with Crippen molar-refractivity contribution >= 4 is 16.7 Å². The Labute approximate surface area is 156 Å². The largest absolute Gasteiger partial charge is 0.353 e. The minimum Gasteiger partial charge on any atom is -0.353 e. The zero-order valence-corrected chi connectivity index (χ0v) is 15.8. The van der Waals surface area contributed by atoms with Crippen LogP contribution in [0.2, 0.25) is 0 Å². The smallest absolute Gasteiger partial charge is 0.162 e. The Kier molecular flexibility index (Phi) is 4.87. The van der Waals surface area contributed by atoms with Gasteiger partial charge in [-0.05, 0) is 44.9 Å². The number of anilines is 1. The van der Waals surface area contributed by atoms with Gasteiger partial charge in [0.25, 0.3) is 0 Å². The molecule has 3 aromatic rings. The highest BCUT2D eigenvalue weighted by Crippen LogP contribution is 2.32. The van der Waals surface area contributed by atoms with Crippen LogP contribution in [0.1, 0.15) is 44.6 Å². The number of nitrogens with zero attached hydrogens (tertiary/aromatic N) is 3. The topological polar surface area (TPSA) is 29.0 Å². The maximum absolute atomic E-state index is 5.07. The van der Waals surface area contributed by atoms with E-state index < -0.39 is 0 Å². The first-order chi connectivity index (χ1) is 12.8. The van der Waals surface area contributed by atoms with Gasteiger partial charge in [0.15, 0.2) is 5.82 Å². The lowest BCUT2D eigenvalue weighted by Crippen LogP contribution is -2.37. The molecule has 1 heterocycles. The SMILES string of the molecule is CCN(c1nc(-c2cccc(C)c2)nc2ccccc12)C1CCCCC1. The van der Waals surface area contributed by atoms with Crippen LogP contribution in [0.4, 0.5) is 5.82 Å². The normalized spacial score (nSPS) is 15.3. The average molecular weight is 345 g/mol. The van der Waals surface area contributed by atoms with Gasteiger partial charge in [0.1, 0.15) is 5.82 Å². The van der Waals surface area contributed by atoms with Crippen molar-refractivity contribution in [1.82, 2.24) is 9.97 Å².